The van der Waals surface area contributed by atoms with Gasteiger partial charge in [0, 0.05) is 38.4 Å². The maximum atomic E-state index is 13.8. The molecule has 0 N–H and O–H groups in total. The van der Waals surface area contributed by atoms with Crippen molar-refractivity contribution in [3.8, 4) is 0 Å². The highest BCUT2D eigenvalue weighted by molar-refractivity contribution is 5.88. The van der Waals surface area contributed by atoms with Crippen LogP contribution in [0.25, 0.3) is 0 Å². The molecule has 2 aromatic rings. The number of halogens is 1. The number of rotatable bonds is 4. The lowest BCUT2D eigenvalue weighted by molar-refractivity contribution is -0.138. The summed E-state index contributed by atoms with van der Waals surface area (Å²) in [6.07, 6.45) is 5.99. The topological polar surface area (TPSA) is 36.4 Å². The fourth-order valence-electron chi connectivity index (χ4n) is 5.10. The van der Waals surface area contributed by atoms with Crippen LogP contribution in [0.2, 0.25) is 0 Å². The molecule has 1 saturated heterocycles. The van der Waals surface area contributed by atoms with Gasteiger partial charge in [0.05, 0.1) is 11.1 Å². The van der Waals surface area contributed by atoms with Crippen molar-refractivity contribution in [1.29, 1.82) is 0 Å². The molecular formula is C25H32FN3O. The van der Waals surface area contributed by atoms with Crippen LogP contribution in [0, 0.1) is 12.7 Å². The Bertz CT molecular complexity index is 861. The predicted octanol–water partition coefficient (Wildman–Crippen LogP) is 4.47. The smallest absolute Gasteiger partial charge is 0.233 e. The van der Waals surface area contributed by atoms with Gasteiger partial charge in [-0.3, -0.25) is 14.7 Å². The van der Waals surface area contributed by atoms with E-state index in [2.05, 4.69) is 26.9 Å². The van der Waals surface area contributed by atoms with E-state index in [9.17, 15) is 9.18 Å². The number of carbonyl (C=O) groups is 1. The molecule has 160 valence electrons. The van der Waals surface area contributed by atoms with Crippen LogP contribution in [0.3, 0.4) is 0 Å². The molecule has 0 bridgehead atoms. The lowest BCUT2D eigenvalue weighted by Crippen LogP contribution is -2.49. The summed E-state index contributed by atoms with van der Waals surface area (Å²) < 4.78 is 13.5. The lowest BCUT2D eigenvalue weighted by atomic mass is 9.68. The third-order valence-electron chi connectivity index (χ3n) is 6.72. The fourth-order valence-corrected chi connectivity index (χ4v) is 5.10. The quantitative estimate of drug-likeness (QED) is 0.748. The van der Waals surface area contributed by atoms with Gasteiger partial charge in [-0.25, -0.2) is 4.39 Å². The van der Waals surface area contributed by atoms with Gasteiger partial charge in [-0.15, -0.1) is 0 Å². The van der Waals surface area contributed by atoms with E-state index in [1.54, 1.807) is 0 Å². The number of hydrogen-bond donors (Lipinski definition) is 0. The molecule has 1 aliphatic heterocycles. The number of aryl methyl sites for hydroxylation is 1. The molecule has 5 heteroatoms. The van der Waals surface area contributed by atoms with Gasteiger partial charge in [0.25, 0.3) is 0 Å². The Kier molecular flexibility index (Phi) is 6.47. The van der Waals surface area contributed by atoms with Gasteiger partial charge in [-0.2, -0.15) is 0 Å². The summed E-state index contributed by atoms with van der Waals surface area (Å²) in [5.41, 5.74) is 2.63. The van der Waals surface area contributed by atoms with Gasteiger partial charge >= 0.3 is 0 Å². The molecule has 2 fully saturated rings. The Labute approximate surface area is 179 Å². The molecule has 1 aromatic carbocycles. The van der Waals surface area contributed by atoms with Crippen LogP contribution >= 0.6 is 0 Å². The Balaban J connectivity index is 1.48. The van der Waals surface area contributed by atoms with E-state index in [0.29, 0.717) is 0 Å². The fraction of sp³-hybridized carbons (Fsp3) is 0.520. The Morgan fingerprint density at radius 1 is 0.967 bits per heavy atom. The summed E-state index contributed by atoms with van der Waals surface area (Å²) in [6, 6.07) is 12.8. The van der Waals surface area contributed by atoms with Crippen molar-refractivity contribution in [2.24, 2.45) is 0 Å². The molecule has 4 rings (SSSR count). The third kappa shape index (κ3) is 4.56. The first kappa shape index (κ1) is 21.0. The molecule has 2 aliphatic rings. The summed E-state index contributed by atoms with van der Waals surface area (Å²) in [6.45, 7) is 6.22. The molecule has 4 nitrogen and oxygen atoms in total. The van der Waals surface area contributed by atoms with Gasteiger partial charge in [0.2, 0.25) is 5.91 Å². The van der Waals surface area contributed by atoms with Crippen LogP contribution in [-0.2, 0) is 16.8 Å². The Morgan fingerprint density at radius 3 is 2.47 bits per heavy atom. The van der Waals surface area contributed by atoms with Crippen LogP contribution in [0.1, 0.15) is 55.5 Å². The van der Waals surface area contributed by atoms with Crippen LogP contribution in [-0.4, -0.2) is 46.9 Å². The van der Waals surface area contributed by atoms with E-state index in [4.69, 9.17) is 0 Å². The van der Waals surface area contributed by atoms with Crippen molar-refractivity contribution in [2.75, 3.05) is 26.2 Å². The molecule has 1 aliphatic carbocycles. The number of benzene rings is 1. The van der Waals surface area contributed by atoms with E-state index >= 15 is 0 Å². The molecule has 0 atom stereocenters. The van der Waals surface area contributed by atoms with Crippen LogP contribution in [0.15, 0.2) is 42.5 Å². The summed E-state index contributed by atoms with van der Waals surface area (Å²) in [5, 5.41) is 0. The number of aromatic nitrogens is 1. The molecule has 1 aromatic heterocycles. The minimum Gasteiger partial charge on any atom is -0.341 e. The van der Waals surface area contributed by atoms with Crippen molar-refractivity contribution in [3.05, 3.63) is 65.2 Å². The van der Waals surface area contributed by atoms with Crippen molar-refractivity contribution in [1.82, 2.24) is 14.8 Å². The maximum absolute atomic E-state index is 13.8. The second-order valence-corrected chi connectivity index (χ2v) is 8.84. The van der Waals surface area contributed by atoms with E-state index < -0.39 is 5.41 Å². The SMILES string of the molecule is Cc1cccc(CN2CCCN(C(=O)C3(c4ccc(F)cc4)CCCCC3)CC2)n1. The summed E-state index contributed by atoms with van der Waals surface area (Å²) in [4.78, 5) is 22.9. The van der Waals surface area contributed by atoms with Crippen molar-refractivity contribution < 1.29 is 9.18 Å². The zero-order valence-electron chi connectivity index (χ0n) is 17.9. The molecule has 0 spiro atoms. The molecule has 30 heavy (non-hydrogen) atoms. The highest BCUT2D eigenvalue weighted by Crippen LogP contribution is 2.41. The van der Waals surface area contributed by atoms with Crippen LogP contribution in [0.4, 0.5) is 4.39 Å². The highest BCUT2D eigenvalue weighted by Gasteiger charge is 2.43. The van der Waals surface area contributed by atoms with Gasteiger partial charge in [0.1, 0.15) is 5.82 Å². The van der Waals surface area contributed by atoms with E-state index in [1.165, 1.54) is 18.6 Å². The number of amides is 1. The molecule has 2 heterocycles. The minimum absolute atomic E-state index is 0.240. The normalized spacial score (nSPS) is 20.0. The first-order chi connectivity index (χ1) is 14.6. The van der Waals surface area contributed by atoms with Gasteiger partial charge in [-0.1, -0.05) is 37.5 Å². The monoisotopic (exact) mass is 409 g/mol. The minimum atomic E-state index is -0.487. The Morgan fingerprint density at radius 2 is 1.73 bits per heavy atom. The molecular weight excluding hydrogens is 377 g/mol. The third-order valence-corrected chi connectivity index (χ3v) is 6.72. The number of nitrogens with zero attached hydrogens (tertiary/aromatic N) is 3. The maximum Gasteiger partial charge on any atom is 0.233 e. The highest BCUT2D eigenvalue weighted by atomic mass is 19.1. The summed E-state index contributed by atoms with van der Waals surface area (Å²) in [7, 11) is 0. The zero-order valence-corrected chi connectivity index (χ0v) is 17.9. The average Bonchev–Trinajstić information content (AvgIpc) is 3.00. The number of pyridine rings is 1. The first-order valence-corrected chi connectivity index (χ1v) is 11.3. The van der Waals surface area contributed by atoms with E-state index in [1.807, 2.05) is 25.1 Å². The van der Waals surface area contributed by atoms with Gasteiger partial charge in [-0.05, 0) is 56.0 Å². The van der Waals surface area contributed by atoms with Crippen molar-refractivity contribution >= 4 is 5.91 Å². The van der Waals surface area contributed by atoms with Crippen LogP contribution < -0.4 is 0 Å². The van der Waals surface area contributed by atoms with Crippen molar-refractivity contribution in [3.63, 3.8) is 0 Å². The Hall–Kier alpha value is -2.27. The number of carbonyl (C=O) groups excluding carboxylic acids is 1. The second-order valence-electron chi connectivity index (χ2n) is 8.84. The van der Waals surface area contributed by atoms with E-state index in [0.717, 1.165) is 81.8 Å². The molecule has 1 saturated carbocycles. The largest absolute Gasteiger partial charge is 0.341 e. The average molecular weight is 410 g/mol. The van der Waals surface area contributed by atoms with Gasteiger partial charge in [0.15, 0.2) is 0 Å². The predicted molar refractivity (Wildman–Crippen MR) is 117 cm³/mol. The lowest BCUT2D eigenvalue weighted by Gasteiger charge is -2.40. The summed E-state index contributed by atoms with van der Waals surface area (Å²) in [5.74, 6) is -0.00308. The number of hydrogen-bond acceptors (Lipinski definition) is 3. The van der Waals surface area contributed by atoms with Crippen LogP contribution in [0.5, 0.6) is 0 Å². The standard InChI is InChI=1S/C25H32FN3O/c1-20-7-5-8-23(27-20)19-28-15-6-16-29(18-17-28)24(30)25(13-3-2-4-14-25)21-9-11-22(26)12-10-21/h5,7-12H,2-4,6,13-19H2,1H3. The summed E-state index contributed by atoms with van der Waals surface area (Å²) >= 11 is 0. The van der Waals surface area contributed by atoms with E-state index in [-0.39, 0.29) is 11.7 Å². The molecule has 1 amide bonds. The van der Waals surface area contributed by atoms with Crippen molar-refractivity contribution in [2.45, 2.75) is 57.4 Å². The molecule has 0 radical (unpaired) electrons. The zero-order chi connectivity index (χ0) is 21.0. The first-order valence-electron chi connectivity index (χ1n) is 11.3. The molecule has 0 unspecified atom stereocenters. The van der Waals surface area contributed by atoms with Gasteiger partial charge < -0.3 is 4.90 Å². The second kappa shape index (κ2) is 9.25.